The van der Waals surface area contributed by atoms with Crippen molar-refractivity contribution in [2.24, 2.45) is 0 Å². The molecule has 0 heterocycles. The summed E-state index contributed by atoms with van der Waals surface area (Å²) in [5.74, 6) is -0.0971. The monoisotopic (exact) mass is 347 g/mol. The molecule has 0 unspecified atom stereocenters. The van der Waals surface area contributed by atoms with Crippen molar-refractivity contribution in [2.45, 2.75) is 19.4 Å². The van der Waals surface area contributed by atoms with Crippen molar-refractivity contribution in [1.29, 1.82) is 0 Å². The van der Waals surface area contributed by atoms with Gasteiger partial charge in [0.2, 0.25) is 0 Å². The minimum atomic E-state index is -3.22. The van der Waals surface area contributed by atoms with E-state index >= 15 is 0 Å². The zero-order chi connectivity index (χ0) is 16.2. The van der Waals surface area contributed by atoms with Gasteiger partial charge in [0.05, 0.1) is 57.8 Å². The summed E-state index contributed by atoms with van der Waals surface area (Å²) in [4.78, 5) is 2.44. The van der Waals surface area contributed by atoms with E-state index < -0.39 is 15.4 Å². The first-order valence-corrected chi connectivity index (χ1v) is 8.95. The fourth-order valence-corrected chi connectivity index (χ4v) is 3.28. The molecule has 0 saturated carbocycles. The molecule has 0 fully saturated rings. The van der Waals surface area contributed by atoms with Gasteiger partial charge in [-0.05, 0) is 25.6 Å². The summed E-state index contributed by atoms with van der Waals surface area (Å²) >= 11 is 5.48. The molecule has 0 aromatic rings. The van der Waals surface area contributed by atoms with Gasteiger partial charge in [-0.15, -0.1) is 0 Å². The molecule has 0 radical (unpaired) electrons. The van der Waals surface area contributed by atoms with Crippen LogP contribution in [0, 0.1) is 0 Å². The second-order valence-electron chi connectivity index (χ2n) is 5.13. The Hall–Kier alpha value is 0.0400. The maximum Gasteiger partial charge on any atom is 0.154 e. The molecule has 0 aliphatic rings. The Labute approximate surface area is 131 Å². The zero-order valence-electron chi connectivity index (χ0n) is 12.6. The topological polar surface area (TPSA) is 94.1 Å². The number of hydrogen-bond donors (Lipinski definition) is 2. The normalized spacial score (nSPS) is 12.8. The molecular formula is C12H26ClNO6S. The fraction of sp³-hybridized carbons (Fsp3) is 1.00. The van der Waals surface area contributed by atoms with Gasteiger partial charge in [0.1, 0.15) is 0 Å². The predicted molar refractivity (Wildman–Crippen MR) is 81.3 cm³/mol. The molecule has 0 spiro atoms. The number of aliphatic hydroxyl groups is 1. The maximum atomic E-state index is 11.8. The Morgan fingerprint density at radius 1 is 1.00 bits per heavy atom. The summed E-state index contributed by atoms with van der Waals surface area (Å²) in [6, 6.07) is 0. The lowest BCUT2D eigenvalue weighted by Gasteiger charge is -2.21. The first kappa shape index (κ1) is 21.0. The van der Waals surface area contributed by atoms with Crippen LogP contribution in [0.1, 0.15) is 13.8 Å². The molecule has 128 valence electrons. The van der Waals surface area contributed by atoms with Crippen LogP contribution in [-0.2, 0) is 24.0 Å². The predicted octanol–water partition coefficient (Wildman–Crippen LogP) is -0.0347. The van der Waals surface area contributed by atoms with Gasteiger partial charge in [0.25, 0.3) is 0 Å². The minimum absolute atomic E-state index is 0.00632. The second kappa shape index (κ2) is 11.6. The van der Waals surface area contributed by atoms with E-state index in [1.54, 1.807) is 13.8 Å². The number of aliphatic hydroxyl groups excluding tert-OH is 1. The van der Waals surface area contributed by atoms with E-state index in [0.717, 1.165) is 0 Å². The molecule has 7 nitrogen and oxygen atoms in total. The molecule has 0 atom stereocenters. The number of hydrogen-bond acceptors (Lipinski definition) is 7. The van der Waals surface area contributed by atoms with Gasteiger partial charge >= 0.3 is 0 Å². The van der Waals surface area contributed by atoms with E-state index in [9.17, 15) is 8.42 Å². The lowest BCUT2D eigenvalue weighted by molar-refractivity contribution is 0.00989. The van der Waals surface area contributed by atoms with Crippen molar-refractivity contribution in [2.75, 3.05) is 57.8 Å². The van der Waals surface area contributed by atoms with Crippen LogP contribution in [0.2, 0.25) is 0 Å². The summed E-state index contributed by atoms with van der Waals surface area (Å²) in [6.07, 6.45) is 0. The van der Waals surface area contributed by atoms with Gasteiger partial charge < -0.3 is 19.3 Å². The average Bonchev–Trinajstić information content (AvgIpc) is 2.39. The molecule has 0 aromatic heterocycles. The van der Waals surface area contributed by atoms with Crippen LogP contribution in [0.5, 0.6) is 0 Å². The van der Waals surface area contributed by atoms with Crippen LogP contribution in [0.3, 0.4) is 0 Å². The summed E-state index contributed by atoms with van der Waals surface area (Å²) in [7, 11) is -3.22. The molecular weight excluding hydrogens is 322 g/mol. The van der Waals surface area contributed by atoms with E-state index in [4.69, 9.17) is 31.1 Å². The first-order valence-electron chi connectivity index (χ1n) is 6.75. The van der Waals surface area contributed by atoms with Crippen LogP contribution in [0.15, 0.2) is 0 Å². The van der Waals surface area contributed by atoms with Gasteiger partial charge in [0.15, 0.2) is 9.84 Å². The van der Waals surface area contributed by atoms with Gasteiger partial charge in [-0.3, -0.25) is 0 Å². The van der Waals surface area contributed by atoms with E-state index in [2.05, 4.69) is 4.84 Å². The van der Waals surface area contributed by atoms with Crippen LogP contribution in [-0.4, -0.2) is 76.8 Å². The van der Waals surface area contributed by atoms with Crippen molar-refractivity contribution >= 4 is 21.6 Å². The van der Waals surface area contributed by atoms with Crippen molar-refractivity contribution in [3.8, 4) is 0 Å². The van der Waals surface area contributed by atoms with Crippen LogP contribution < -0.4 is 4.84 Å². The van der Waals surface area contributed by atoms with E-state index in [0.29, 0.717) is 33.0 Å². The summed E-state index contributed by atoms with van der Waals surface area (Å²) < 4.78 is 39.0. The van der Waals surface area contributed by atoms with Gasteiger partial charge in [-0.25, -0.2) is 13.3 Å². The number of ether oxygens (including phenoxy) is 3. The van der Waals surface area contributed by atoms with Crippen LogP contribution >= 0.6 is 11.8 Å². The molecule has 0 aromatic carbocycles. The second-order valence-corrected chi connectivity index (χ2v) is 7.50. The highest BCUT2D eigenvalue weighted by atomic mass is 35.5. The Morgan fingerprint density at radius 3 is 1.95 bits per heavy atom. The molecule has 0 saturated heterocycles. The van der Waals surface area contributed by atoms with E-state index in [1.165, 1.54) is 0 Å². The number of rotatable bonds is 14. The molecule has 2 N–H and O–H groups in total. The lowest BCUT2D eigenvalue weighted by Crippen LogP contribution is -2.41. The van der Waals surface area contributed by atoms with Crippen LogP contribution in [0.4, 0.5) is 0 Å². The lowest BCUT2D eigenvalue weighted by atomic mass is 10.1. The highest BCUT2D eigenvalue weighted by Crippen LogP contribution is 2.08. The maximum absolute atomic E-state index is 11.8. The number of sulfone groups is 1. The summed E-state index contributed by atoms with van der Waals surface area (Å²) in [5, 5.41) is 8.47. The van der Waals surface area contributed by atoms with Gasteiger partial charge in [-0.1, -0.05) is 0 Å². The highest BCUT2D eigenvalue weighted by molar-refractivity contribution is 7.91. The third-order valence-corrected chi connectivity index (χ3v) is 4.82. The minimum Gasteiger partial charge on any atom is -0.394 e. The molecule has 0 aliphatic heterocycles. The van der Waals surface area contributed by atoms with Crippen molar-refractivity contribution in [3.05, 3.63) is 0 Å². The number of nitrogens with one attached hydrogen (secondary N) is 1. The Bertz CT molecular complexity index is 350. The van der Waals surface area contributed by atoms with Crippen molar-refractivity contribution in [3.63, 3.8) is 0 Å². The highest BCUT2D eigenvalue weighted by Gasteiger charge is 2.25. The number of halogens is 1. The van der Waals surface area contributed by atoms with E-state index in [1.807, 2.05) is 0 Å². The molecule has 21 heavy (non-hydrogen) atoms. The Balaban J connectivity index is 3.54. The largest absolute Gasteiger partial charge is 0.394 e. The zero-order valence-corrected chi connectivity index (χ0v) is 14.2. The molecule has 9 heteroatoms. The van der Waals surface area contributed by atoms with Crippen LogP contribution in [0.25, 0.3) is 0 Å². The third-order valence-electron chi connectivity index (χ3n) is 2.35. The Morgan fingerprint density at radius 2 is 1.48 bits per heavy atom. The van der Waals surface area contributed by atoms with E-state index in [-0.39, 0.29) is 24.7 Å². The molecule has 0 amide bonds. The first-order chi connectivity index (χ1) is 9.83. The average molecular weight is 348 g/mol. The molecule has 0 aliphatic carbocycles. The fourth-order valence-electron chi connectivity index (χ4n) is 1.44. The molecule has 0 bridgehead atoms. The van der Waals surface area contributed by atoms with Crippen molar-refractivity contribution in [1.82, 2.24) is 4.84 Å². The quantitative estimate of drug-likeness (QED) is 0.336. The standard InChI is InChI=1S/C12H26ClNO6S/c1-12(2,14-13)11-21(16,17)10-9-20-8-7-19-6-5-18-4-3-15/h14-15H,3-11H2,1-2H3. The van der Waals surface area contributed by atoms with Crippen molar-refractivity contribution < 1.29 is 27.7 Å². The SMILES string of the molecule is CC(C)(CS(=O)(=O)CCOCCOCCOCCO)NCl. The van der Waals surface area contributed by atoms with Gasteiger partial charge in [0, 0.05) is 5.54 Å². The molecule has 0 rings (SSSR count). The third kappa shape index (κ3) is 13.4. The Kier molecular flexibility index (Phi) is 11.6. The summed E-state index contributed by atoms with van der Waals surface area (Å²) in [5.41, 5.74) is -0.669. The summed E-state index contributed by atoms with van der Waals surface area (Å²) in [6.45, 7) is 5.37. The van der Waals surface area contributed by atoms with Gasteiger partial charge in [-0.2, -0.15) is 0 Å². The smallest absolute Gasteiger partial charge is 0.154 e.